The Hall–Kier alpha value is -3.90. The molecule has 14 nitrogen and oxygen atoms in total. The molecule has 0 atom stereocenters. The molecule has 1 fully saturated rings. The van der Waals surface area contributed by atoms with Gasteiger partial charge in [0.25, 0.3) is 5.91 Å². The third kappa shape index (κ3) is 7.19. The highest BCUT2D eigenvalue weighted by Crippen LogP contribution is 2.29. The average Bonchev–Trinajstić information content (AvgIpc) is 3.64. The molecular weight excluding hydrogens is 617 g/mol. The summed E-state index contributed by atoms with van der Waals surface area (Å²) in [6, 6.07) is 13.0. The van der Waals surface area contributed by atoms with Crippen molar-refractivity contribution in [2.24, 2.45) is 0 Å². The van der Waals surface area contributed by atoms with Crippen molar-refractivity contribution in [2.45, 2.75) is 23.5 Å². The van der Waals surface area contributed by atoms with Crippen molar-refractivity contribution in [3.8, 4) is 11.4 Å². The fraction of sp³-hybridized carbons (Fsp3) is 0.308. The highest BCUT2D eigenvalue weighted by Gasteiger charge is 2.26. The van der Waals surface area contributed by atoms with Gasteiger partial charge in [0.15, 0.2) is 11.0 Å². The average molecular weight is 645 g/mol. The second kappa shape index (κ2) is 13.6. The summed E-state index contributed by atoms with van der Waals surface area (Å²) in [5, 5.41) is 23.4. The van der Waals surface area contributed by atoms with E-state index in [0.717, 1.165) is 16.8 Å². The maximum absolute atomic E-state index is 13.0. The van der Waals surface area contributed by atoms with Crippen LogP contribution in [-0.2, 0) is 26.1 Å². The second-order valence-electron chi connectivity index (χ2n) is 9.09. The Morgan fingerprint density at radius 2 is 1.79 bits per heavy atom. The van der Waals surface area contributed by atoms with Gasteiger partial charge in [-0.15, -0.1) is 20.4 Å². The standard InChI is InChI=1S/C26H28N8O6S3/c1-17-29-31-25(42-17)28-23(35)16-41-26-32-30-22(34(26)20-5-3-4-6-21(20)39-2)15-27-24(36)18-7-9-19(10-8-18)43(37,38)33-11-13-40-14-12-33/h3-10H,11-16H2,1-2H3,(H,27,36)(H,28,31,35). The number of anilines is 1. The van der Waals surface area contributed by atoms with Crippen LogP contribution in [0.3, 0.4) is 0 Å². The predicted molar refractivity (Wildman–Crippen MR) is 159 cm³/mol. The van der Waals surface area contributed by atoms with Gasteiger partial charge in [0.1, 0.15) is 10.8 Å². The molecule has 0 spiro atoms. The van der Waals surface area contributed by atoms with Gasteiger partial charge in [-0.3, -0.25) is 19.5 Å². The lowest BCUT2D eigenvalue weighted by atomic mass is 10.2. The highest BCUT2D eigenvalue weighted by molar-refractivity contribution is 7.99. The monoisotopic (exact) mass is 644 g/mol. The number of hydrogen-bond acceptors (Lipinski definition) is 12. The van der Waals surface area contributed by atoms with Crippen LogP contribution < -0.4 is 15.4 Å². The maximum atomic E-state index is 13.0. The molecule has 3 heterocycles. The Balaban J connectivity index is 1.30. The molecule has 0 unspecified atom stereocenters. The summed E-state index contributed by atoms with van der Waals surface area (Å²) >= 11 is 2.43. The number of amides is 2. The van der Waals surface area contributed by atoms with Gasteiger partial charge in [-0.05, 0) is 43.3 Å². The molecule has 2 aromatic heterocycles. The number of hydrogen-bond donors (Lipinski definition) is 2. The number of aryl methyl sites for hydroxylation is 1. The summed E-state index contributed by atoms with van der Waals surface area (Å²) in [4.78, 5) is 25.7. The number of benzene rings is 2. The SMILES string of the molecule is COc1ccccc1-n1c(CNC(=O)c2ccc(S(=O)(=O)N3CCOCC3)cc2)nnc1SCC(=O)Nc1nnc(C)s1. The molecule has 1 aliphatic heterocycles. The van der Waals surface area contributed by atoms with E-state index in [1.165, 1.54) is 47.0 Å². The van der Waals surface area contributed by atoms with Crippen molar-refractivity contribution in [1.82, 2.24) is 34.6 Å². The van der Waals surface area contributed by atoms with Crippen molar-refractivity contribution < 1.29 is 27.5 Å². The summed E-state index contributed by atoms with van der Waals surface area (Å²) < 4.78 is 39.7. The van der Waals surface area contributed by atoms with Gasteiger partial charge in [0, 0.05) is 18.7 Å². The van der Waals surface area contributed by atoms with E-state index >= 15 is 0 Å². The third-order valence-corrected chi connectivity index (χ3v) is 9.86. The number of para-hydroxylation sites is 2. The number of carbonyl (C=O) groups is 2. The van der Waals surface area contributed by atoms with E-state index in [4.69, 9.17) is 9.47 Å². The Bertz CT molecular complexity index is 1700. The number of thioether (sulfide) groups is 1. The molecule has 2 N–H and O–H groups in total. The molecular formula is C26H28N8O6S3. The van der Waals surface area contributed by atoms with E-state index < -0.39 is 15.9 Å². The van der Waals surface area contributed by atoms with E-state index in [0.29, 0.717) is 40.8 Å². The van der Waals surface area contributed by atoms with E-state index in [-0.39, 0.29) is 41.8 Å². The minimum atomic E-state index is -3.68. The van der Waals surface area contributed by atoms with E-state index in [9.17, 15) is 18.0 Å². The molecule has 17 heteroatoms. The van der Waals surface area contributed by atoms with Crippen LogP contribution in [-0.4, -0.2) is 88.7 Å². The number of morpholine rings is 1. The molecule has 4 aromatic rings. The van der Waals surface area contributed by atoms with Crippen LogP contribution in [0.5, 0.6) is 5.75 Å². The van der Waals surface area contributed by atoms with Crippen LogP contribution in [0.4, 0.5) is 5.13 Å². The zero-order valence-corrected chi connectivity index (χ0v) is 25.7. The van der Waals surface area contributed by atoms with Crippen molar-refractivity contribution in [1.29, 1.82) is 0 Å². The molecule has 2 aromatic carbocycles. The van der Waals surface area contributed by atoms with Gasteiger partial charge in [0.05, 0.1) is 43.2 Å². The van der Waals surface area contributed by atoms with Crippen molar-refractivity contribution >= 4 is 50.1 Å². The number of methoxy groups -OCH3 is 1. The van der Waals surface area contributed by atoms with Crippen LogP contribution in [0.15, 0.2) is 58.6 Å². The normalized spacial score (nSPS) is 13.9. The largest absolute Gasteiger partial charge is 0.495 e. The molecule has 43 heavy (non-hydrogen) atoms. The van der Waals surface area contributed by atoms with Crippen LogP contribution in [0.2, 0.25) is 0 Å². The quantitative estimate of drug-likeness (QED) is 0.229. The molecule has 0 radical (unpaired) electrons. The molecule has 1 aliphatic rings. The minimum absolute atomic E-state index is 0.00543. The first kappa shape index (κ1) is 30.6. The number of carbonyl (C=O) groups excluding carboxylic acids is 2. The summed E-state index contributed by atoms with van der Waals surface area (Å²) in [5.74, 6) is 0.253. The predicted octanol–water partition coefficient (Wildman–Crippen LogP) is 2.12. The zero-order chi connectivity index (χ0) is 30.4. The number of sulfonamides is 1. The lowest BCUT2D eigenvalue weighted by Gasteiger charge is -2.26. The van der Waals surface area contributed by atoms with E-state index in [1.54, 1.807) is 17.6 Å². The topological polar surface area (TPSA) is 171 Å². The fourth-order valence-corrected chi connectivity index (χ4v) is 6.95. The minimum Gasteiger partial charge on any atom is -0.495 e. The van der Waals surface area contributed by atoms with Gasteiger partial charge in [-0.1, -0.05) is 35.2 Å². The lowest BCUT2D eigenvalue weighted by molar-refractivity contribution is -0.113. The molecule has 1 saturated heterocycles. The lowest BCUT2D eigenvalue weighted by Crippen LogP contribution is -2.40. The van der Waals surface area contributed by atoms with Crippen LogP contribution in [0, 0.1) is 6.92 Å². The molecule has 226 valence electrons. The Labute approximate surface area is 255 Å². The van der Waals surface area contributed by atoms with Crippen molar-refractivity contribution in [3.63, 3.8) is 0 Å². The fourth-order valence-electron chi connectivity index (χ4n) is 4.17. The second-order valence-corrected chi connectivity index (χ2v) is 13.2. The van der Waals surface area contributed by atoms with Crippen LogP contribution in [0.1, 0.15) is 21.2 Å². The summed E-state index contributed by atoms with van der Waals surface area (Å²) in [5.41, 5.74) is 0.905. The Kier molecular flexibility index (Phi) is 9.66. The molecule has 0 bridgehead atoms. The smallest absolute Gasteiger partial charge is 0.251 e. The molecule has 2 amide bonds. The Morgan fingerprint density at radius 3 is 2.49 bits per heavy atom. The first-order valence-electron chi connectivity index (χ1n) is 13.0. The summed E-state index contributed by atoms with van der Waals surface area (Å²) in [7, 11) is -2.14. The van der Waals surface area contributed by atoms with Crippen molar-refractivity contribution in [2.75, 3.05) is 44.5 Å². The first-order valence-corrected chi connectivity index (χ1v) is 16.3. The van der Waals surface area contributed by atoms with Gasteiger partial charge in [-0.25, -0.2) is 8.42 Å². The summed E-state index contributed by atoms with van der Waals surface area (Å²) in [6.45, 7) is 3.04. The zero-order valence-electron chi connectivity index (χ0n) is 23.2. The Morgan fingerprint density at radius 1 is 1.05 bits per heavy atom. The van der Waals surface area contributed by atoms with E-state index in [2.05, 4.69) is 31.0 Å². The molecule has 0 aliphatic carbocycles. The summed E-state index contributed by atoms with van der Waals surface area (Å²) in [6.07, 6.45) is 0. The molecule has 0 saturated carbocycles. The number of nitrogens with zero attached hydrogens (tertiary/aromatic N) is 6. The highest BCUT2D eigenvalue weighted by atomic mass is 32.2. The van der Waals surface area contributed by atoms with Crippen LogP contribution >= 0.6 is 23.1 Å². The third-order valence-electron chi connectivity index (χ3n) is 6.26. The first-order chi connectivity index (χ1) is 20.8. The van der Waals surface area contributed by atoms with Gasteiger partial charge in [-0.2, -0.15) is 4.31 Å². The number of aromatic nitrogens is 5. The van der Waals surface area contributed by atoms with E-state index in [1.807, 2.05) is 18.2 Å². The number of nitrogens with one attached hydrogen (secondary N) is 2. The van der Waals surface area contributed by atoms with Crippen LogP contribution in [0.25, 0.3) is 5.69 Å². The van der Waals surface area contributed by atoms with Gasteiger partial charge in [0.2, 0.25) is 21.1 Å². The molecule has 5 rings (SSSR count). The van der Waals surface area contributed by atoms with Crippen molar-refractivity contribution in [3.05, 3.63) is 64.9 Å². The van der Waals surface area contributed by atoms with Gasteiger partial charge >= 0.3 is 0 Å². The number of ether oxygens (including phenoxy) is 2. The van der Waals surface area contributed by atoms with Gasteiger partial charge < -0.3 is 14.8 Å². The maximum Gasteiger partial charge on any atom is 0.251 e. The number of rotatable bonds is 11.